The maximum Gasteiger partial charge on any atom is 0.291 e. The molecule has 5 aromatic rings. The van der Waals surface area contributed by atoms with Crippen molar-refractivity contribution in [3.8, 4) is 10.6 Å². The van der Waals surface area contributed by atoms with E-state index in [4.69, 9.17) is 4.42 Å². The molecule has 0 aliphatic rings. The van der Waals surface area contributed by atoms with Crippen LogP contribution in [0, 0.1) is 0 Å². The smallest absolute Gasteiger partial charge is 0.291 e. The highest BCUT2D eigenvalue weighted by molar-refractivity contribution is 7.90. The molecular weight excluding hydrogens is 456 g/mol. The first-order valence-corrected chi connectivity index (χ1v) is 12.6. The molecule has 1 N–H and O–H groups in total. The number of rotatable bonds is 6. The predicted octanol–water partition coefficient (Wildman–Crippen LogP) is 5.78. The van der Waals surface area contributed by atoms with E-state index >= 15 is 0 Å². The molecule has 0 unspecified atom stereocenters. The van der Waals surface area contributed by atoms with Gasteiger partial charge in [0, 0.05) is 16.8 Å². The van der Waals surface area contributed by atoms with E-state index in [0.29, 0.717) is 11.3 Å². The van der Waals surface area contributed by atoms with Gasteiger partial charge in [0.05, 0.1) is 27.1 Å². The Morgan fingerprint density at radius 1 is 0.939 bits per heavy atom. The van der Waals surface area contributed by atoms with Crippen molar-refractivity contribution in [3.05, 3.63) is 103 Å². The number of anilines is 1. The normalized spacial score (nSPS) is 11.5. The van der Waals surface area contributed by atoms with Gasteiger partial charge in [0.15, 0.2) is 15.6 Å². The molecule has 0 saturated heterocycles. The van der Waals surface area contributed by atoms with Gasteiger partial charge in [0.1, 0.15) is 5.01 Å². The molecule has 33 heavy (non-hydrogen) atoms. The van der Waals surface area contributed by atoms with Gasteiger partial charge in [-0.15, -0.1) is 11.3 Å². The van der Waals surface area contributed by atoms with E-state index in [1.807, 2.05) is 42.5 Å². The average molecular weight is 475 g/mol. The van der Waals surface area contributed by atoms with Crippen molar-refractivity contribution in [2.75, 3.05) is 5.32 Å². The number of furan rings is 1. The largest absolute Gasteiger partial charge is 0.459 e. The summed E-state index contributed by atoms with van der Waals surface area (Å²) in [4.78, 5) is 17.7. The number of para-hydroxylation sites is 1. The fourth-order valence-corrected chi connectivity index (χ4v) is 5.82. The van der Waals surface area contributed by atoms with Crippen LogP contribution in [-0.2, 0) is 15.6 Å². The molecule has 0 aliphatic heterocycles. The number of carbonyl (C=O) groups is 1. The fraction of sp³-hybridized carbons (Fsp3) is 0.0400. The summed E-state index contributed by atoms with van der Waals surface area (Å²) in [5.41, 5.74) is 2.66. The molecule has 2 aromatic heterocycles. The third kappa shape index (κ3) is 4.44. The van der Waals surface area contributed by atoms with Crippen LogP contribution in [0.25, 0.3) is 20.8 Å². The fourth-order valence-electron chi connectivity index (χ4n) is 3.48. The summed E-state index contributed by atoms with van der Waals surface area (Å²) in [6.45, 7) is 0. The molecule has 0 aliphatic carbocycles. The number of nitrogens with one attached hydrogen (secondary N) is 1. The Hall–Kier alpha value is -3.75. The minimum absolute atomic E-state index is 0.0279. The standard InChI is InChI=1S/C25H18N2O4S2/c28-24(23-18(13-14-31-23)16-33(29,30)20-9-2-1-3-10-20)26-19-8-6-7-17(15-19)25-27-21-11-4-5-12-22(21)32-25/h1-15H,16H2,(H,26,28). The maximum atomic E-state index is 12.9. The SMILES string of the molecule is O=C(Nc1cccc(-c2nc3ccccc3s2)c1)c1occc1CS(=O)(=O)c1ccccc1. The summed E-state index contributed by atoms with van der Waals surface area (Å²) in [7, 11) is -3.61. The van der Waals surface area contributed by atoms with E-state index < -0.39 is 15.7 Å². The summed E-state index contributed by atoms with van der Waals surface area (Å²) in [5.74, 6) is -0.873. The number of aromatic nitrogens is 1. The van der Waals surface area contributed by atoms with Gasteiger partial charge in [-0.25, -0.2) is 13.4 Å². The van der Waals surface area contributed by atoms with Crippen molar-refractivity contribution in [2.45, 2.75) is 10.6 Å². The summed E-state index contributed by atoms with van der Waals surface area (Å²) in [6, 6.07) is 24.9. The Morgan fingerprint density at radius 3 is 2.55 bits per heavy atom. The molecule has 8 heteroatoms. The Balaban J connectivity index is 1.37. The molecule has 0 atom stereocenters. The molecule has 6 nitrogen and oxygen atoms in total. The first-order valence-electron chi connectivity index (χ1n) is 10.1. The van der Waals surface area contributed by atoms with Crippen LogP contribution >= 0.6 is 11.3 Å². The quantitative estimate of drug-likeness (QED) is 0.337. The molecular formula is C25H18N2O4S2. The second-order valence-corrected chi connectivity index (χ2v) is 10.4. The van der Waals surface area contributed by atoms with Crippen molar-refractivity contribution in [1.82, 2.24) is 4.98 Å². The maximum absolute atomic E-state index is 12.9. The van der Waals surface area contributed by atoms with Gasteiger partial charge in [-0.3, -0.25) is 4.79 Å². The molecule has 0 fully saturated rings. The first kappa shape index (κ1) is 21.1. The third-order valence-electron chi connectivity index (χ3n) is 5.06. The molecule has 1 amide bonds. The van der Waals surface area contributed by atoms with Crippen LogP contribution in [0.1, 0.15) is 16.1 Å². The molecule has 3 aromatic carbocycles. The van der Waals surface area contributed by atoms with Crippen molar-refractivity contribution in [3.63, 3.8) is 0 Å². The summed E-state index contributed by atoms with van der Waals surface area (Å²) in [5, 5.41) is 3.65. The zero-order valence-corrected chi connectivity index (χ0v) is 18.9. The lowest BCUT2D eigenvalue weighted by Gasteiger charge is -2.07. The van der Waals surface area contributed by atoms with Gasteiger partial charge in [-0.1, -0.05) is 42.5 Å². The number of thiazole rings is 1. The first-order chi connectivity index (χ1) is 16.0. The monoisotopic (exact) mass is 474 g/mol. The Labute approximate surface area is 194 Å². The highest BCUT2D eigenvalue weighted by Gasteiger charge is 2.22. The number of fused-ring (bicyclic) bond motifs is 1. The number of hydrogen-bond acceptors (Lipinski definition) is 6. The molecule has 0 bridgehead atoms. The average Bonchev–Trinajstić information content (AvgIpc) is 3.46. The Kier molecular flexibility index (Phi) is 5.53. The summed E-state index contributed by atoms with van der Waals surface area (Å²) < 4.78 is 31.9. The van der Waals surface area contributed by atoms with Crippen molar-refractivity contribution in [1.29, 1.82) is 0 Å². The number of amides is 1. The Morgan fingerprint density at radius 2 is 1.73 bits per heavy atom. The Bertz CT molecular complexity index is 1520. The van der Waals surface area contributed by atoms with Crippen molar-refractivity contribution >= 4 is 43.0 Å². The molecule has 0 spiro atoms. The molecule has 2 heterocycles. The second kappa shape index (κ2) is 8.65. The van der Waals surface area contributed by atoms with Crippen LogP contribution < -0.4 is 5.32 Å². The summed E-state index contributed by atoms with van der Waals surface area (Å²) in [6.07, 6.45) is 1.32. The van der Waals surface area contributed by atoms with Gasteiger partial charge >= 0.3 is 0 Å². The van der Waals surface area contributed by atoms with Crippen LogP contribution in [0.15, 0.2) is 101 Å². The minimum atomic E-state index is -3.61. The zero-order valence-electron chi connectivity index (χ0n) is 17.3. The van der Waals surface area contributed by atoms with Gasteiger partial charge in [0.25, 0.3) is 5.91 Å². The molecule has 0 radical (unpaired) electrons. The van der Waals surface area contributed by atoms with Crippen molar-refractivity contribution in [2.24, 2.45) is 0 Å². The lowest BCUT2D eigenvalue weighted by atomic mass is 10.2. The minimum Gasteiger partial charge on any atom is -0.459 e. The number of hydrogen-bond donors (Lipinski definition) is 1. The van der Waals surface area contributed by atoms with Gasteiger partial charge in [-0.05, 0) is 42.5 Å². The third-order valence-corrected chi connectivity index (χ3v) is 7.83. The van der Waals surface area contributed by atoms with Crippen LogP contribution in [0.2, 0.25) is 0 Å². The van der Waals surface area contributed by atoms with E-state index in [-0.39, 0.29) is 16.4 Å². The number of sulfone groups is 1. The van der Waals surface area contributed by atoms with Gasteiger partial charge in [-0.2, -0.15) is 0 Å². The lowest BCUT2D eigenvalue weighted by molar-refractivity contribution is 0.0996. The van der Waals surface area contributed by atoms with E-state index in [1.54, 1.807) is 35.6 Å². The van der Waals surface area contributed by atoms with Gasteiger partial charge < -0.3 is 9.73 Å². The number of nitrogens with zero attached hydrogens (tertiary/aromatic N) is 1. The highest BCUT2D eigenvalue weighted by atomic mass is 32.2. The molecule has 164 valence electrons. The van der Waals surface area contributed by atoms with Crippen LogP contribution in [-0.4, -0.2) is 19.3 Å². The molecule has 0 saturated carbocycles. The van der Waals surface area contributed by atoms with E-state index in [0.717, 1.165) is 20.8 Å². The van der Waals surface area contributed by atoms with Crippen LogP contribution in [0.4, 0.5) is 5.69 Å². The van der Waals surface area contributed by atoms with E-state index in [1.165, 1.54) is 24.5 Å². The van der Waals surface area contributed by atoms with E-state index in [2.05, 4.69) is 10.3 Å². The molecule has 5 rings (SSSR count). The lowest BCUT2D eigenvalue weighted by Crippen LogP contribution is -2.14. The van der Waals surface area contributed by atoms with Crippen LogP contribution in [0.3, 0.4) is 0 Å². The highest BCUT2D eigenvalue weighted by Crippen LogP contribution is 2.31. The summed E-state index contributed by atoms with van der Waals surface area (Å²) >= 11 is 1.57. The van der Waals surface area contributed by atoms with Crippen LogP contribution in [0.5, 0.6) is 0 Å². The van der Waals surface area contributed by atoms with E-state index in [9.17, 15) is 13.2 Å². The number of benzene rings is 3. The van der Waals surface area contributed by atoms with Gasteiger partial charge in [0.2, 0.25) is 0 Å². The predicted molar refractivity (Wildman–Crippen MR) is 129 cm³/mol. The topological polar surface area (TPSA) is 89.3 Å². The van der Waals surface area contributed by atoms with Crippen molar-refractivity contribution < 1.29 is 17.6 Å². The second-order valence-electron chi connectivity index (χ2n) is 7.37. The number of carbonyl (C=O) groups excluding carboxylic acids is 1. The zero-order chi connectivity index (χ0) is 22.8.